The number of ether oxygens (including phenoxy) is 1. The number of rotatable bonds is 1. The summed E-state index contributed by atoms with van der Waals surface area (Å²) in [6.07, 6.45) is 4.27. The Labute approximate surface area is 141 Å². The number of fused-ring (bicyclic) bond motifs is 1. The summed E-state index contributed by atoms with van der Waals surface area (Å²) in [4.78, 5) is 27.6. The fourth-order valence-corrected chi connectivity index (χ4v) is 4.84. The normalized spacial score (nSPS) is 29.7. The van der Waals surface area contributed by atoms with Crippen molar-refractivity contribution >= 4 is 11.9 Å². The van der Waals surface area contributed by atoms with Crippen LogP contribution < -0.4 is 0 Å². The van der Waals surface area contributed by atoms with E-state index in [-0.39, 0.29) is 17.2 Å². The molecule has 1 aliphatic carbocycles. The Bertz CT molecular complexity index is 643. The minimum Gasteiger partial charge on any atom is -0.496 e. The molecule has 24 heavy (non-hydrogen) atoms. The van der Waals surface area contributed by atoms with Crippen molar-refractivity contribution < 1.29 is 19.4 Å². The van der Waals surface area contributed by atoms with E-state index in [9.17, 15) is 9.59 Å². The van der Waals surface area contributed by atoms with Gasteiger partial charge in [0.15, 0.2) is 5.78 Å². The predicted molar refractivity (Wildman–Crippen MR) is 87.6 cm³/mol. The molecule has 0 aromatic heterocycles. The number of likely N-dealkylation sites (tertiary alicyclic amines) is 2. The largest absolute Gasteiger partial charge is 0.496 e. The number of ketones is 1. The molecule has 4 aliphatic rings. The van der Waals surface area contributed by atoms with Crippen molar-refractivity contribution in [1.29, 1.82) is 0 Å². The Morgan fingerprint density at radius 3 is 2.71 bits per heavy atom. The van der Waals surface area contributed by atoms with Crippen LogP contribution in [-0.2, 0) is 9.53 Å². The summed E-state index contributed by atoms with van der Waals surface area (Å²) in [6.45, 7) is 5.72. The van der Waals surface area contributed by atoms with E-state index in [0.29, 0.717) is 26.1 Å². The molecule has 6 nitrogen and oxygen atoms in total. The molecular formula is C18H24N2O4. The van der Waals surface area contributed by atoms with E-state index < -0.39 is 6.09 Å². The van der Waals surface area contributed by atoms with E-state index in [2.05, 4.69) is 11.8 Å². The maximum atomic E-state index is 12.7. The van der Waals surface area contributed by atoms with Gasteiger partial charge in [-0.25, -0.2) is 4.79 Å². The molecule has 130 valence electrons. The molecule has 1 atom stereocenters. The third-order valence-electron chi connectivity index (χ3n) is 6.32. The van der Waals surface area contributed by atoms with E-state index in [1.54, 1.807) is 6.26 Å². The fraction of sp³-hybridized carbons (Fsp3) is 0.667. The molecule has 1 spiro atoms. The highest BCUT2D eigenvalue weighted by Crippen LogP contribution is 2.43. The third kappa shape index (κ3) is 2.44. The van der Waals surface area contributed by atoms with Crippen molar-refractivity contribution in [3.8, 4) is 0 Å². The highest BCUT2D eigenvalue weighted by atomic mass is 16.5. The highest BCUT2D eigenvalue weighted by molar-refractivity contribution is 5.92. The third-order valence-corrected chi connectivity index (χ3v) is 6.32. The summed E-state index contributed by atoms with van der Waals surface area (Å²) in [7, 11) is 0. The monoisotopic (exact) mass is 332 g/mol. The molecule has 0 aromatic rings. The molecule has 3 heterocycles. The van der Waals surface area contributed by atoms with Crippen molar-refractivity contribution in [2.24, 2.45) is 5.41 Å². The molecule has 0 aromatic carbocycles. The van der Waals surface area contributed by atoms with Gasteiger partial charge in [-0.1, -0.05) is 0 Å². The van der Waals surface area contributed by atoms with Crippen LogP contribution >= 0.6 is 0 Å². The first kappa shape index (κ1) is 15.7. The minimum absolute atomic E-state index is 0.115. The summed E-state index contributed by atoms with van der Waals surface area (Å²) in [5.41, 5.74) is 3.59. The number of hydrogen-bond donors (Lipinski definition) is 1. The van der Waals surface area contributed by atoms with Crippen molar-refractivity contribution in [3.05, 3.63) is 23.0 Å². The number of carboxylic acid groups (broad SMARTS) is 1. The van der Waals surface area contributed by atoms with Crippen LogP contribution in [0.4, 0.5) is 4.79 Å². The predicted octanol–water partition coefficient (Wildman–Crippen LogP) is 2.02. The van der Waals surface area contributed by atoms with Gasteiger partial charge in [-0.3, -0.25) is 9.69 Å². The summed E-state index contributed by atoms with van der Waals surface area (Å²) in [5, 5.41) is 9.13. The van der Waals surface area contributed by atoms with Crippen LogP contribution in [0.5, 0.6) is 0 Å². The van der Waals surface area contributed by atoms with Crippen LogP contribution in [0.1, 0.15) is 32.6 Å². The molecule has 2 fully saturated rings. The van der Waals surface area contributed by atoms with Crippen LogP contribution in [0.15, 0.2) is 23.0 Å². The van der Waals surface area contributed by atoms with Crippen LogP contribution in [0.3, 0.4) is 0 Å². The standard InChI is InChI=1S/C18H24N2O4/c1-12-14-10-24-9-13(14)8-15(21)16(12)20-7-4-18(11-20)2-5-19(6-3-18)17(22)23/h9,16H,2-8,10-11H2,1H3,(H,22,23). The van der Waals surface area contributed by atoms with E-state index in [4.69, 9.17) is 9.84 Å². The number of amides is 1. The van der Waals surface area contributed by atoms with Gasteiger partial charge in [-0.15, -0.1) is 0 Å². The molecular weight excluding hydrogens is 308 g/mol. The second-order valence-corrected chi connectivity index (χ2v) is 7.65. The quantitative estimate of drug-likeness (QED) is 0.795. The summed E-state index contributed by atoms with van der Waals surface area (Å²) >= 11 is 0. The Morgan fingerprint density at radius 2 is 2.00 bits per heavy atom. The van der Waals surface area contributed by atoms with Gasteiger partial charge in [0.25, 0.3) is 0 Å². The lowest BCUT2D eigenvalue weighted by atomic mass is 9.77. The van der Waals surface area contributed by atoms with Gasteiger partial charge in [0.1, 0.15) is 6.61 Å². The van der Waals surface area contributed by atoms with E-state index in [1.165, 1.54) is 10.5 Å². The van der Waals surface area contributed by atoms with Crippen molar-refractivity contribution in [2.45, 2.75) is 38.6 Å². The summed E-state index contributed by atoms with van der Waals surface area (Å²) in [6, 6.07) is -0.115. The summed E-state index contributed by atoms with van der Waals surface area (Å²) in [5.74, 6) is 0.271. The van der Waals surface area contributed by atoms with Gasteiger partial charge < -0.3 is 14.7 Å². The Balaban J connectivity index is 1.49. The van der Waals surface area contributed by atoms with E-state index in [1.807, 2.05) is 0 Å². The molecule has 2 saturated heterocycles. The maximum Gasteiger partial charge on any atom is 0.407 e. The molecule has 1 unspecified atom stereocenters. The van der Waals surface area contributed by atoms with Gasteiger partial charge in [-0.05, 0) is 49.3 Å². The van der Waals surface area contributed by atoms with E-state index in [0.717, 1.165) is 43.5 Å². The zero-order valence-corrected chi connectivity index (χ0v) is 14.1. The zero-order chi connectivity index (χ0) is 16.9. The average Bonchev–Trinajstić information content (AvgIpc) is 3.16. The SMILES string of the molecule is CC1=C2COC=C2CC(=O)C1N1CCC2(CCN(C(=O)O)CC2)C1. The van der Waals surface area contributed by atoms with Crippen LogP contribution in [0, 0.1) is 5.41 Å². The second kappa shape index (κ2) is 5.62. The van der Waals surface area contributed by atoms with Crippen molar-refractivity contribution in [2.75, 3.05) is 32.8 Å². The van der Waals surface area contributed by atoms with Crippen LogP contribution in [0.2, 0.25) is 0 Å². The fourth-order valence-electron chi connectivity index (χ4n) is 4.84. The van der Waals surface area contributed by atoms with Crippen molar-refractivity contribution in [3.63, 3.8) is 0 Å². The molecule has 4 rings (SSSR count). The van der Waals surface area contributed by atoms with Crippen molar-refractivity contribution in [1.82, 2.24) is 9.80 Å². The summed E-state index contributed by atoms with van der Waals surface area (Å²) < 4.78 is 5.41. The van der Waals surface area contributed by atoms with Gasteiger partial charge >= 0.3 is 6.09 Å². The smallest absolute Gasteiger partial charge is 0.407 e. The second-order valence-electron chi connectivity index (χ2n) is 7.65. The molecule has 3 aliphatic heterocycles. The Morgan fingerprint density at radius 1 is 1.29 bits per heavy atom. The topological polar surface area (TPSA) is 70.1 Å². The molecule has 1 N–H and O–H groups in total. The first-order valence-corrected chi connectivity index (χ1v) is 8.74. The van der Waals surface area contributed by atoms with Gasteiger partial charge in [0, 0.05) is 31.6 Å². The number of piperidine rings is 1. The maximum absolute atomic E-state index is 12.7. The Kier molecular flexibility index (Phi) is 3.67. The molecule has 0 saturated carbocycles. The molecule has 0 bridgehead atoms. The van der Waals surface area contributed by atoms with Gasteiger partial charge in [0.05, 0.1) is 12.3 Å². The number of Topliss-reactive ketones (excluding diaryl/α,β-unsaturated/α-hetero) is 1. The first-order valence-electron chi connectivity index (χ1n) is 8.74. The molecule has 1 amide bonds. The van der Waals surface area contributed by atoms with Crippen LogP contribution in [-0.4, -0.2) is 65.6 Å². The minimum atomic E-state index is -0.816. The van der Waals surface area contributed by atoms with Gasteiger partial charge in [-0.2, -0.15) is 0 Å². The molecule has 0 radical (unpaired) electrons. The number of nitrogens with zero attached hydrogens (tertiary/aromatic N) is 2. The van der Waals surface area contributed by atoms with Crippen LogP contribution in [0.25, 0.3) is 0 Å². The number of carbonyl (C=O) groups excluding carboxylic acids is 1. The zero-order valence-electron chi connectivity index (χ0n) is 14.1. The van der Waals surface area contributed by atoms with E-state index >= 15 is 0 Å². The Hall–Kier alpha value is -1.82. The first-order chi connectivity index (χ1) is 11.5. The van der Waals surface area contributed by atoms with Gasteiger partial charge in [0.2, 0.25) is 0 Å². The number of carbonyl (C=O) groups is 2. The molecule has 6 heteroatoms. The lowest BCUT2D eigenvalue weighted by Gasteiger charge is -2.39. The average molecular weight is 332 g/mol. The number of hydrogen-bond acceptors (Lipinski definition) is 4. The highest BCUT2D eigenvalue weighted by Gasteiger charge is 2.46. The lowest BCUT2D eigenvalue weighted by molar-refractivity contribution is -0.122. The lowest BCUT2D eigenvalue weighted by Crippen LogP contribution is -2.47.